The molecule has 0 spiro atoms. The molecule has 6 nitrogen and oxygen atoms in total. The SMILES string of the molecule is CCOc1cc(/C=C2\SC(=S)N(NC(=O)c3ccc(C)cc3Cl)C2=O)cc(Cl)c1OCc1ccccc1. The molecule has 1 fully saturated rings. The van der Waals surface area contributed by atoms with E-state index < -0.39 is 11.8 Å². The molecule has 37 heavy (non-hydrogen) atoms. The highest BCUT2D eigenvalue weighted by Gasteiger charge is 2.34. The number of halogens is 2. The summed E-state index contributed by atoms with van der Waals surface area (Å²) in [6.07, 6.45) is 1.64. The van der Waals surface area contributed by atoms with E-state index in [-0.39, 0.29) is 14.9 Å². The molecule has 1 aliphatic heterocycles. The van der Waals surface area contributed by atoms with Gasteiger partial charge in [0.1, 0.15) is 6.61 Å². The molecule has 4 rings (SSSR count). The molecule has 0 aromatic heterocycles. The summed E-state index contributed by atoms with van der Waals surface area (Å²) in [6, 6.07) is 18.2. The second-order valence-electron chi connectivity index (χ2n) is 7.98. The van der Waals surface area contributed by atoms with Gasteiger partial charge in [0.2, 0.25) is 0 Å². The normalized spacial score (nSPS) is 14.3. The largest absolute Gasteiger partial charge is 0.490 e. The molecule has 3 aromatic carbocycles. The van der Waals surface area contributed by atoms with Crippen LogP contribution in [0, 0.1) is 6.92 Å². The van der Waals surface area contributed by atoms with Gasteiger partial charge in [-0.2, -0.15) is 5.01 Å². The van der Waals surface area contributed by atoms with Crippen LogP contribution in [0.5, 0.6) is 11.5 Å². The number of rotatable bonds is 8. The van der Waals surface area contributed by atoms with Crippen LogP contribution in [0.2, 0.25) is 10.0 Å². The minimum Gasteiger partial charge on any atom is -0.490 e. The number of hydrogen-bond donors (Lipinski definition) is 1. The first-order valence-corrected chi connectivity index (χ1v) is 13.2. The Morgan fingerprint density at radius 2 is 1.84 bits per heavy atom. The maximum atomic E-state index is 13.1. The smallest absolute Gasteiger partial charge is 0.285 e. The summed E-state index contributed by atoms with van der Waals surface area (Å²) in [4.78, 5) is 26.1. The fraction of sp³-hybridized carbons (Fsp3) is 0.148. The summed E-state index contributed by atoms with van der Waals surface area (Å²) in [6.45, 7) is 4.45. The van der Waals surface area contributed by atoms with E-state index in [2.05, 4.69) is 5.43 Å². The molecule has 2 amide bonds. The van der Waals surface area contributed by atoms with E-state index in [1.54, 1.807) is 36.4 Å². The lowest BCUT2D eigenvalue weighted by atomic mass is 10.1. The van der Waals surface area contributed by atoms with Crippen LogP contribution in [0.1, 0.15) is 34.0 Å². The van der Waals surface area contributed by atoms with Crippen molar-refractivity contribution in [2.45, 2.75) is 20.5 Å². The minimum atomic E-state index is -0.538. The third-order valence-corrected chi connectivity index (χ3v) is 7.13. The Bertz CT molecular complexity index is 1400. The number of ether oxygens (including phenoxy) is 2. The van der Waals surface area contributed by atoms with E-state index in [4.69, 9.17) is 44.9 Å². The summed E-state index contributed by atoms with van der Waals surface area (Å²) < 4.78 is 11.9. The number of aryl methyl sites for hydroxylation is 1. The molecule has 190 valence electrons. The second-order valence-corrected chi connectivity index (χ2v) is 10.5. The number of amides is 2. The second kappa shape index (κ2) is 12.0. The molecule has 0 bridgehead atoms. The zero-order chi connectivity index (χ0) is 26.5. The van der Waals surface area contributed by atoms with Gasteiger partial charge in [0.05, 0.1) is 27.1 Å². The Hall–Kier alpha value is -3.04. The van der Waals surface area contributed by atoms with Gasteiger partial charge in [-0.05, 0) is 73.1 Å². The van der Waals surface area contributed by atoms with Crippen LogP contribution in [-0.2, 0) is 11.4 Å². The van der Waals surface area contributed by atoms with Crippen molar-refractivity contribution >= 4 is 69.4 Å². The Morgan fingerprint density at radius 1 is 1.08 bits per heavy atom. The van der Waals surface area contributed by atoms with Gasteiger partial charge in [-0.1, -0.05) is 71.4 Å². The van der Waals surface area contributed by atoms with Crippen LogP contribution in [0.3, 0.4) is 0 Å². The van der Waals surface area contributed by atoms with E-state index in [1.165, 1.54) is 0 Å². The molecule has 0 unspecified atom stereocenters. The van der Waals surface area contributed by atoms with Crippen LogP contribution in [0.15, 0.2) is 65.6 Å². The third-order valence-electron chi connectivity index (χ3n) is 5.23. The summed E-state index contributed by atoms with van der Waals surface area (Å²) in [5.74, 6) is -0.136. The summed E-state index contributed by atoms with van der Waals surface area (Å²) in [7, 11) is 0. The zero-order valence-electron chi connectivity index (χ0n) is 19.9. The first-order valence-electron chi connectivity index (χ1n) is 11.2. The number of thiocarbonyl (C=S) groups is 1. The third kappa shape index (κ3) is 6.45. The van der Waals surface area contributed by atoms with Gasteiger partial charge in [-0.3, -0.25) is 15.0 Å². The molecule has 3 aromatic rings. The average molecular weight is 574 g/mol. The fourth-order valence-corrected chi connectivity index (χ4v) is 5.26. The zero-order valence-corrected chi connectivity index (χ0v) is 23.1. The fourth-order valence-electron chi connectivity index (χ4n) is 3.49. The quantitative estimate of drug-likeness (QED) is 0.236. The highest BCUT2D eigenvalue weighted by Crippen LogP contribution is 2.39. The molecule has 1 heterocycles. The lowest BCUT2D eigenvalue weighted by Crippen LogP contribution is -2.44. The topological polar surface area (TPSA) is 67.9 Å². The Labute approximate surface area is 234 Å². The highest BCUT2D eigenvalue weighted by molar-refractivity contribution is 8.26. The van der Waals surface area contributed by atoms with Gasteiger partial charge >= 0.3 is 0 Å². The van der Waals surface area contributed by atoms with Crippen molar-refractivity contribution in [2.24, 2.45) is 0 Å². The molecular formula is C27H22Cl2N2O4S2. The van der Waals surface area contributed by atoms with E-state index in [0.717, 1.165) is 27.9 Å². The van der Waals surface area contributed by atoms with Crippen molar-refractivity contribution in [3.05, 3.63) is 97.9 Å². The molecular weight excluding hydrogens is 551 g/mol. The molecule has 0 atom stereocenters. The molecule has 1 N–H and O–H groups in total. The van der Waals surface area contributed by atoms with Gasteiger partial charge in [0.15, 0.2) is 15.8 Å². The molecule has 0 saturated carbocycles. The van der Waals surface area contributed by atoms with Crippen molar-refractivity contribution in [3.63, 3.8) is 0 Å². The van der Waals surface area contributed by atoms with Crippen molar-refractivity contribution in [3.8, 4) is 11.5 Å². The Morgan fingerprint density at radius 3 is 2.54 bits per heavy atom. The standard InChI is InChI=1S/C27H22Cl2N2O4S2/c1-3-34-22-13-18(12-21(29)24(22)35-15-17-7-5-4-6-8-17)14-23-26(33)31(27(36)37-23)30-25(32)19-10-9-16(2)11-20(19)28/h4-14H,3,15H2,1-2H3,(H,30,32)/b23-14-. The van der Waals surface area contributed by atoms with Gasteiger partial charge in [-0.25, -0.2) is 0 Å². The van der Waals surface area contributed by atoms with E-state index in [0.29, 0.717) is 40.2 Å². The first kappa shape index (κ1) is 27.0. The molecule has 0 aliphatic carbocycles. The predicted octanol–water partition coefficient (Wildman–Crippen LogP) is 6.83. The van der Waals surface area contributed by atoms with Gasteiger partial charge < -0.3 is 9.47 Å². The number of thioether (sulfide) groups is 1. The van der Waals surface area contributed by atoms with Crippen molar-refractivity contribution in [2.75, 3.05) is 6.61 Å². The maximum Gasteiger partial charge on any atom is 0.285 e. The summed E-state index contributed by atoms with van der Waals surface area (Å²) in [5.41, 5.74) is 5.30. The van der Waals surface area contributed by atoms with Crippen molar-refractivity contribution in [1.29, 1.82) is 0 Å². The van der Waals surface area contributed by atoms with Crippen molar-refractivity contribution in [1.82, 2.24) is 10.4 Å². The number of carbonyl (C=O) groups is 2. The monoisotopic (exact) mass is 572 g/mol. The van der Waals surface area contributed by atoms with E-state index in [1.807, 2.05) is 44.2 Å². The van der Waals surface area contributed by atoms with Crippen molar-refractivity contribution < 1.29 is 19.1 Å². The lowest BCUT2D eigenvalue weighted by Gasteiger charge is -2.16. The number of hydrogen-bond acceptors (Lipinski definition) is 6. The van der Waals surface area contributed by atoms with Crippen LogP contribution in [-0.4, -0.2) is 27.8 Å². The highest BCUT2D eigenvalue weighted by atomic mass is 35.5. The van der Waals surface area contributed by atoms with E-state index in [9.17, 15) is 9.59 Å². The number of nitrogens with zero attached hydrogens (tertiary/aromatic N) is 1. The summed E-state index contributed by atoms with van der Waals surface area (Å²) >= 11 is 19.1. The Kier molecular flexibility index (Phi) is 8.76. The predicted molar refractivity (Wildman–Crippen MR) is 152 cm³/mol. The molecule has 1 saturated heterocycles. The van der Waals surface area contributed by atoms with Gasteiger partial charge in [-0.15, -0.1) is 0 Å². The average Bonchev–Trinajstić information content (AvgIpc) is 3.11. The van der Waals surface area contributed by atoms with Crippen LogP contribution in [0.25, 0.3) is 6.08 Å². The maximum absolute atomic E-state index is 13.1. The minimum absolute atomic E-state index is 0.187. The molecule has 0 radical (unpaired) electrons. The van der Waals surface area contributed by atoms with Crippen LogP contribution >= 0.6 is 47.2 Å². The van der Waals surface area contributed by atoms with Gasteiger partial charge in [0, 0.05) is 0 Å². The number of benzene rings is 3. The first-order chi connectivity index (χ1) is 17.8. The molecule has 10 heteroatoms. The number of nitrogens with one attached hydrogen (secondary N) is 1. The number of carbonyl (C=O) groups excluding carboxylic acids is 2. The molecule has 1 aliphatic rings. The Balaban J connectivity index is 1.54. The van der Waals surface area contributed by atoms with Crippen LogP contribution in [0.4, 0.5) is 0 Å². The lowest BCUT2D eigenvalue weighted by molar-refractivity contribution is -0.123. The summed E-state index contributed by atoms with van der Waals surface area (Å²) in [5, 5.41) is 1.66. The van der Waals surface area contributed by atoms with Crippen LogP contribution < -0.4 is 14.9 Å². The van der Waals surface area contributed by atoms with E-state index >= 15 is 0 Å². The number of hydrazine groups is 1. The van der Waals surface area contributed by atoms with Gasteiger partial charge in [0.25, 0.3) is 11.8 Å².